The van der Waals surface area contributed by atoms with Gasteiger partial charge in [-0.2, -0.15) is 0 Å². The van der Waals surface area contributed by atoms with Crippen LogP contribution in [0.25, 0.3) is 0 Å². The van der Waals surface area contributed by atoms with E-state index >= 15 is 0 Å². The Morgan fingerprint density at radius 3 is 2.38 bits per heavy atom. The summed E-state index contributed by atoms with van der Waals surface area (Å²) in [5.41, 5.74) is 2.49. The monoisotopic (exact) mass is 438 g/mol. The van der Waals surface area contributed by atoms with E-state index < -0.39 is 4.92 Å². The van der Waals surface area contributed by atoms with Gasteiger partial charge in [0, 0.05) is 43.4 Å². The first-order chi connectivity index (χ1) is 15.2. The van der Waals surface area contributed by atoms with E-state index in [1.54, 1.807) is 18.2 Å². The molecule has 2 aromatic carbocycles. The van der Waals surface area contributed by atoms with Crippen LogP contribution >= 0.6 is 0 Å². The number of amides is 2. The summed E-state index contributed by atoms with van der Waals surface area (Å²) in [6.45, 7) is 7.78. The number of carbonyl (C=O) groups excluding carboxylic acids is 2. The second-order valence-electron chi connectivity index (χ2n) is 8.65. The Morgan fingerprint density at radius 2 is 1.78 bits per heavy atom. The summed E-state index contributed by atoms with van der Waals surface area (Å²) < 4.78 is 0. The molecule has 2 N–H and O–H groups in total. The van der Waals surface area contributed by atoms with Gasteiger partial charge in [0.1, 0.15) is 0 Å². The average molecular weight is 439 g/mol. The molecule has 0 aliphatic carbocycles. The van der Waals surface area contributed by atoms with Crippen LogP contribution in [0, 0.1) is 22.0 Å². The third-order valence-electron chi connectivity index (χ3n) is 5.76. The number of nitrogens with one attached hydrogen (secondary N) is 2. The minimum absolute atomic E-state index is 0.0589. The zero-order valence-electron chi connectivity index (χ0n) is 18.8. The molecule has 0 spiro atoms. The minimum Gasteiger partial charge on any atom is -0.371 e. The number of nitro groups is 1. The number of anilines is 2. The molecular weight excluding hydrogens is 408 g/mol. The normalized spacial score (nSPS) is 14.3. The Bertz CT molecular complexity index is 980. The summed E-state index contributed by atoms with van der Waals surface area (Å²) in [4.78, 5) is 37.7. The molecule has 0 aromatic heterocycles. The van der Waals surface area contributed by atoms with E-state index in [1.165, 1.54) is 12.1 Å². The molecule has 0 saturated carbocycles. The van der Waals surface area contributed by atoms with Gasteiger partial charge in [-0.05, 0) is 42.5 Å². The fraction of sp³-hybridized carbons (Fsp3) is 0.417. The van der Waals surface area contributed by atoms with Gasteiger partial charge in [-0.3, -0.25) is 19.7 Å². The third-order valence-corrected chi connectivity index (χ3v) is 5.76. The fourth-order valence-electron chi connectivity index (χ4n) is 3.61. The molecular formula is C24H30N4O4. The van der Waals surface area contributed by atoms with E-state index in [4.69, 9.17) is 0 Å². The third kappa shape index (κ3) is 5.84. The highest BCUT2D eigenvalue weighted by Crippen LogP contribution is 2.29. The first kappa shape index (κ1) is 23.2. The molecule has 1 saturated heterocycles. The summed E-state index contributed by atoms with van der Waals surface area (Å²) in [5.74, 6) is 0.118. The van der Waals surface area contributed by atoms with E-state index in [0.29, 0.717) is 17.2 Å². The molecule has 3 rings (SSSR count). The van der Waals surface area contributed by atoms with Gasteiger partial charge >= 0.3 is 0 Å². The zero-order chi connectivity index (χ0) is 23.3. The van der Waals surface area contributed by atoms with Gasteiger partial charge < -0.3 is 15.5 Å². The van der Waals surface area contributed by atoms with E-state index in [0.717, 1.165) is 37.2 Å². The Balaban J connectivity index is 1.71. The molecule has 1 heterocycles. The first-order valence-electron chi connectivity index (χ1n) is 11.0. The molecule has 2 amide bonds. The largest absolute Gasteiger partial charge is 0.371 e. The molecule has 8 nitrogen and oxygen atoms in total. The number of hydrogen-bond acceptors (Lipinski definition) is 5. The highest BCUT2D eigenvalue weighted by atomic mass is 16.6. The Hall–Kier alpha value is -3.42. The van der Waals surface area contributed by atoms with Gasteiger partial charge in [0.25, 0.3) is 11.6 Å². The molecule has 0 radical (unpaired) electrons. The maximum Gasteiger partial charge on any atom is 0.270 e. The molecule has 32 heavy (non-hydrogen) atoms. The van der Waals surface area contributed by atoms with Crippen molar-refractivity contribution in [2.75, 3.05) is 23.3 Å². The molecule has 8 heteroatoms. The molecule has 0 atom stereocenters. The smallest absolute Gasteiger partial charge is 0.270 e. The highest BCUT2D eigenvalue weighted by Gasteiger charge is 2.23. The Kier molecular flexibility index (Phi) is 7.45. The van der Waals surface area contributed by atoms with Crippen LogP contribution in [-0.4, -0.2) is 29.8 Å². The van der Waals surface area contributed by atoms with Crippen molar-refractivity contribution >= 4 is 28.9 Å². The number of hydrogen-bond donors (Lipinski definition) is 2. The van der Waals surface area contributed by atoms with E-state index in [9.17, 15) is 19.7 Å². The number of rotatable bonds is 7. The Labute approximate surface area is 188 Å². The predicted molar refractivity (Wildman–Crippen MR) is 125 cm³/mol. The van der Waals surface area contributed by atoms with Gasteiger partial charge in [0.2, 0.25) is 5.91 Å². The van der Waals surface area contributed by atoms with Crippen LogP contribution in [0.1, 0.15) is 49.5 Å². The van der Waals surface area contributed by atoms with Crippen molar-refractivity contribution in [1.29, 1.82) is 0 Å². The molecule has 1 aliphatic rings. The van der Waals surface area contributed by atoms with Crippen molar-refractivity contribution in [3.8, 4) is 0 Å². The van der Waals surface area contributed by atoms with Crippen molar-refractivity contribution in [3.63, 3.8) is 0 Å². The number of nitrogens with zero attached hydrogens (tertiary/aromatic N) is 2. The van der Waals surface area contributed by atoms with Crippen LogP contribution < -0.4 is 15.5 Å². The number of nitro benzene ring substituents is 1. The van der Waals surface area contributed by atoms with E-state index in [1.807, 2.05) is 26.0 Å². The summed E-state index contributed by atoms with van der Waals surface area (Å²) in [6.07, 6.45) is 2.05. The summed E-state index contributed by atoms with van der Waals surface area (Å²) in [5, 5.41) is 17.0. The number of non-ortho nitro benzene ring substituents is 1. The predicted octanol–water partition coefficient (Wildman–Crippen LogP) is 4.36. The van der Waals surface area contributed by atoms with Crippen molar-refractivity contribution < 1.29 is 14.5 Å². The molecule has 2 aromatic rings. The van der Waals surface area contributed by atoms with Crippen LogP contribution in [0.3, 0.4) is 0 Å². The highest BCUT2D eigenvalue weighted by molar-refractivity contribution is 6.00. The van der Waals surface area contributed by atoms with E-state index in [2.05, 4.69) is 22.5 Å². The summed E-state index contributed by atoms with van der Waals surface area (Å²) in [7, 11) is 0. The van der Waals surface area contributed by atoms with Gasteiger partial charge in [0.15, 0.2) is 0 Å². The summed E-state index contributed by atoms with van der Waals surface area (Å²) in [6, 6.07) is 11.7. The topological polar surface area (TPSA) is 105 Å². The maximum atomic E-state index is 13.0. The van der Waals surface area contributed by atoms with Crippen molar-refractivity contribution in [3.05, 3.63) is 63.7 Å². The molecule has 170 valence electrons. The fourth-order valence-corrected chi connectivity index (χ4v) is 3.61. The SMILES string of the molecule is CC1CCN(c2ccc([N+](=O)[O-])cc2C(=O)NCc2ccc(NC(=O)C(C)C)cc2)CC1. The van der Waals surface area contributed by atoms with Crippen LogP contribution in [-0.2, 0) is 11.3 Å². The van der Waals surface area contributed by atoms with Crippen molar-refractivity contribution in [2.45, 2.75) is 40.2 Å². The molecule has 1 aliphatic heterocycles. The molecule has 0 bridgehead atoms. The second kappa shape index (κ2) is 10.3. The van der Waals surface area contributed by atoms with Gasteiger partial charge in [-0.25, -0.2) is 0 Å². The molecule has 0 unspecified atom stereocenters. The lowest BCUT2D eigenvalue weighted by Crippen LogP contribution is -2.35. The first-order valence-corrected chi connectivity index (χ1v) is 11.0. The molecule has 1 fully saturated rings. The lowest BCUT2D eigenvalue weighted by molar-refractivity contribution is -0.384. The van der Waals surface area contributed by atoms with Gasteiger partial charge in [-0.15, -0.1) is 0 Å². The standard InChI is InChI=1S/C24H30N4O4/c1-16(2)23(29)26-19-6-4-18(5-7-19)15-25-24(30)21-14-20(28(31)32)8-9-22(21)27-12-10-17(3)11-13-27/h4-9,14,16-17H,10-13,15H2,1-3H3,(H,25,30)(H,26,29). The van der Waals surface area contributed by atoms with Crippen LogP contribution in [0.4, 0.5) is 17.1 Å². The van der Waals surface area contributed by atoms with Gasteiger partial charge in [0.05, 0.1) is 16.2 Å². The number of carbonyl (C=O) groups is 2. The van der Waals surface area contributed by atoms with Crippen LogP contribution in [0.15, 0.2) is 42.5 Å². The maximum absolute atomic E-state index is 13.0. The Morgan fingerprint density at radius 1 is 1.12 bits per heavy atom. The lowest BCUT2D eigenvalue weighted by atomic mass is 9.98. The van der Waals surface area contributed by atoms with Crippen molar-refractivity contribution in [1.82, 2.24) is 5.32 Å². The lowest BCUT2D eigenvalue weighted by Gasteiger charge is -2.33. The number of benzene rings is 2. The van der Waals surface area contributed by atoms with Crippen molar-refractivity contribution in [2.24, 2.45) is 11.8 Å². The van der Waals surface area contributed by atoms with Gasteiger partial charge in [-0.1, -0.05) is 32.9 Å². The van der Waals surface area contributed by atoms with Crippen LogP contribution in [0.5, 0.6) is 0 Å². The zero-order valence-corrected chi connectivity index (χ0v) is 18.8. The van der Waals surface area contributed by atoms with E-state index in [-0.39, 0.29) is 30.0 Å². The minimum atomic E-state index is -0.483. The van der Waals surface area contributed by atoms with Crippen LogP contribution in [0.2, 0.25) is 0 Å². The second-order valence-corrected chi connectivity index (χ2v) is 8.65. The quantitative estimate of drug-likeness (QED) is 0.494. The summed E-state index contributed by atoms with van der Waals surface area (Å²) >= 11 is 0. The number of piperidine rings is 1. The average Bonchev–Trinajstić information content (AvgIpc) is 2.78.